The van der Waals surface area contributed by atoms with Crippen LogP contribution in [0.15, 0.2) is 63.9 Å². The van der Waals surface area contributed by atoms with E-state index in [0.717, 1.165) is 17.2 Å². The van der Waals surface area contributed by atoms with E-state index < -0.39 is 9.84 Å². The van der Waals surface area contributed by atoms with Crippen molar-refractivity contribution in [2.45, 2.75) is 17.9 Å². The molecule has 0 spiro atoms. The van der Waals surface area contributed by atoms with Crippen LogP contribution in [0.1, 0.15) is 29.1 Å². The van der Waals surface area contributed by atoms with Crippen LogP contribution in [0, 0.1) is 0 Å². The number of hydrogen-bond donors (Lipinski definition) is 1. The monoisotopic (exact) mass is 343 g/mol. The molecule has 3 aromatic rings. The number of sulfone groups is 1. The van der Waals surface area contributed by atoms with Crippen molar-refractivity contribution < 1.29 is 17.6 Å². The lowest BCUT2D eigenvalue weighted by atomic mass is 10.1. The molecule has 3 rings (SSSR count). The maximum atomic E-state index is 12.3. The van der Waals surface area contributed by atoms with Gasteiger partial charge < -0.3 is 9.73 Å². The highest BCUT2D eigenvalue weighted by molar-refractivity contribution is 7.90. The Balaban J connectivity index is 1.76. The Morgan fingerprint density at radius 2 is 1.75 bits per heavy atom. The van der Waals surface area contributed by atoms with Gasteiger partial charge in [0.05, 0.1) is 10.9 Å². The molecule has 5 nitrogen and oxygen atoms in total. The van der Waals surface area contributed by atoms with Crippen LogP contribution in [0.3, 0.4) is 0 Å². The quantitative estimate of drug-likeness (QED) is 0.788. The molecular formula is C18H17NO4S. The van der Waals surface area contributed by atoms with Crippen molar-refractivity contribution >= 4 is 26.7 Å². The molecule has 0 aliphatic heterocycles. The van der Waals surface area contributed by atoms with E-state index in [1.54, 1.807) is 24.3 Å². The van der Waals surface area contributed by atoms with E-state index in [1.807, 2.05) is 25.1 Å². The van der Waals surface area contributed by atoms with Crippen molar-refractivity contribution in [1.29, 1.82) is 0 Å². The second-order valence-electron chi connectivity index (χ2n) is 5.68. The predicted molar refractivity (Wildman–Crippen MR) is 91.6 cm³/mol. The highest BCUT2D eigenvalue weighted by Crippen LogP contribution is 2.20. The number of nitrogens with one attached hydrogen (secondary N) is 1. The van der Waals surface area contributed by atoms with Crippen LogP contribution in [0.4, 0.5) is 0 Å². The second-order valence-corrected chi connectivity index (χ2v) is 7.70. The van der Waals surface area contributed by atoms with Gasteiger partial charge in [-0.05, 0) is 36.8 Å². The number of furan rings is 1. The Hall–Kier alpha value is -2.60. The van der Waals surface area contributed by atoms with E-state index in [9.17, 15) is 13.2 Å². The van der Waals surface area contributed by atoms with E-state index in [-0.39, 0.29) is 22.6 Å². The maximum Gasteiger partial charge on any atom is 0.287 e. The van der Waals surface area contributed by atoms with Gasteiger partial charge in [0, 0.05) is 11.6 Å². The molecule has 0 saturated carbocycles. The molecule has 0 bridgehead atoms. The Labute approximate surface area is 140 Å². The number of hydrogen-bond acceptors (Lipinski definition) is 4. The van der Waals surface area contributed by atoms with Gasteiger partial charge in [-0.15, -0.1) is 0 Å². The van der Waals surface area contributed by atoms with Crippen LogP contribution in [-0.4, -0.2) is 20.6 Å². The molecule has 24 heavy (non-hydrogen) atoms. The molecule has 0 aliphatic rings. The van der Waals surface area contributed by atoms with Crippen molar-refractivity contribution in [1.82, 2.24) is 5.32 Å². The molecule has 0 radical (unpaired) electrons. The molecule has 0 aliphatic carbocycles. The third-order valence-electron chi connectivity index (χ3n) is 3.81. The van der Waals surface area contributed by atoms with Gasteiger partial charge in [-0.25, -0.2) is 8.42 Å². The number of amides is 1. The first-order valence-corrected chi connectivity index (χ1v) is 9.33. The molecule has 6 heteroatoms. The number of carbonyl (C=O) groups excluding carboxylic acids is 1. The zero-order valence-corrected chi connectivity index (χ0v) is 14.1. The summed E-state index contributed by atoms with van der Waals surface area (Å²) in [5.74, 6) is -0.0679. The lowest BCUT2D eigenvalue weighted by Gasteiger charge is -2.13. The second kappa shape index (κ2) is 6.13. The molecular weight excluding hydrogens is 326 g/mol. The summed E-state index contributed by atoms with van der Waals surface area (Å²) in [5, 5.41) is 3.72. The minimum atomic E-state index is -3.23. The van der Waals surface area contributed by atoms with Gasteiger partial charge in [0.15, 0.2) is 15.6 Å². The summed E-state index contributed by atoms with van der Waals surface area (Å²) in [4.78, 5) is 12.6. The van der Waals surface area contributed by atoms with Crippen LogP contribution in [0.5, 0.6) is 0 Å². The Bertz CT molecular complexity index is 954. The van der Waals surface area contributed by atoms with Gasteiger partial charge >= 0.3 is 0 Å². The van der Waals surface area contributed by atoms with Crippen molar-refractivity contribution in [3.05, 3.63) is 65.9 Å². The number of para-hydroxylation sites is 1. The number of rotatable bonds is 4. The summed E-state index contributed by atoms with van der Waals surface area (Å²) >= 11 is 0. The number of fused-ring (bicyclic) bond motifs is 1. The van der Waals surface area contributed by atoms with Crippen molar-refractivity contribution in [2.24, 2.45) is 0 Å². The van der Waals surface area contributed by atoms with Gasteiger partial charge in [-0.1, -0.05) is 30.3 Å². The van der Waals surface area contributed by atoms with Crippen molar-refractivity contribution in [3.63, 3.8) is 0 Å². The standard InChI is InChI=1S/C18H17NO4S/c1-12(13-7-9-15(10-8-13)24(2,21)22)19-18(20)17-11-14-5-3-4-6-16(14)23-17/h3-12H,1-2H3,(H,19,20)/t12-/m1/s1. The molecule has 0 unspecified atom stereocenters. The fourth-order valence-electron chi connectivity index (χ4n) is 2.45. The zero-order valence-electron chi connectivity index (χ0n) is 13.3. The summed E-state index contributed by atoms with van der Waals surface area (Å²) in [6.07, 6.45) is 1.16. The van der Waals surface area contributed by atoms with Gasteiger partial charge in [0.1, 0.15) is 5.58 Å². The summed E-state index contributed by atoms with van der Waals surface area (Å²) in [5.41, 5.74) is 1.47. The topological polar surface area (TPSA) is 76.4 Å². The average Bonchev–Trinajstić information content (AvgIpc) is 2.98. The average molecular weight is 343 g/mol. The van der Waals surface area contributed by atoms with Crippen LogP contribution >= 0.6 is 0 Å². The van der Waals surface area contributed by atoms with Gasteiger partial charge in [0.25, 0.3) is 5.91 Å². The van der Waals surface area contributed by atoms with Crippen molar-refractivity contribution in [3.8, 4) is 0 Å². The predicted octanol–water partition coefficient (Wildman–Crippen LogP) is 3.33. The normalized spacial score (nSPS) is 12.9. The summed E-state index contributed by atoms with van der Waals surface area (Å²) in [7, 11) is -3.23. The smallest absolute Gasteiger partial charge is 0.287 e. The molecule has 124 valence electrons. The molecule has 0 fully saturated rings. The van der Waals surface area contributed by atoms with E-state index in [0.29, 0.717) is 5.58 Å². The summed E-state index contributed by atoms with van der Waals surface area (Å²) in [6, 6.07) is 15.3. The van der Waals surface area contributed by atoms with Crippen LogP contribution in [0.2, 0.25) is 0 Å². The van der Waals surface area contributed by atoms with Gasteiger partial charge in [-0.3, -0.25) is 4.79 Å². The van der Waals surface area contributed by atoms with E-state index >= 15 is 0 Å². The molecule has 1 aromatic heterocycles. The maximum absolute atomic E-state index is 12.3. The molecule has 2 aromatic carbocycles. The Morgan fingerprint density at radius 3 is 2.38 bits per heavy atom. The summed E-state index contributed by atoms with van der Waals surface area (Å²) < 4.78 is 28.5. The first kappa shape index (κ1) is 16.3. The number of carbonyl (C=O) groups is 1. The molecule has 1 N–H and O–H groups in total. The Kier molecular flexibility index (Phi) is 4.15. The minimum Gasteiger partial charge on any atom is -0.451 e. The fraction of sp³-hybridized carbons (Fsp3) is 0.167. The molecule has 1 amide bonds. The molecule has 1 atom stereocenters. The van der Waals surface area contributed by atoms with Crippen LogP contribution in [-0.2, 0) is 9.84 Å². The Morgan fingerprint density at radius 1 is 1.08 bits per heavy atom. The summed E-state index contributed by atoms with van der Waals surface area (Å²) in [6.45, 7) is 1.83. The van der Waals surface area contributed by atoms with Gasteiger partial charge in [-0.2, -0.15) is 0 Å². The zero-order chi connectivity index (χ0) is 17.3. The van der Waals surface area contributed by atoms with Gasteiger partial charge in [0.2, 0.25) is 0 Å². The first-order chi connectivity index (χ1) is 11.3. The largest absolute Gasteiger partial charge is 0.451 e. The van der Waals surface area contributed by atoms with Crippen LogP contribution in [0.25, 0.3) is 11.0 Å². The molecule has 1 heterocycles. The first-order valence-electron chi connectivity index (χ1n) is 7.44. The van der Waals surface area contributed by atoms with Crippen LogP contribution < -0.4 is 5.32 Å². The van der Waals surface area contributed by atoms with E-state index in [1.165, 1.54) is 12.1 Å². The lowest BCUT2D eigenvalue weighted by molar-refractivity contribution is 0.0914. The third kappa shape index (κ3) is 3.33. The highest BCUT2D eigenvalue weighted by Gasteiger charge is 2.16. The number of benzene rings is 2. The third-order valence-corrected chi connectivity index (χ3v) is 4.93. The van der Waals surface area contributed by atoms with E-state index in [2.05, 4.69) is 5.32 Å². The molecule has 0 saturated heterocycles. The van der Waals surface area contributed by atoms with Crippen molar-refractivity contribution in [2.75, 3.05) is 6.26 Å². The lowest BCUT2D eigenvalue weighted by Crippen LogP contribution is -2.26. The fourth-order valence-corrected chi connectivity index (χ4v) is 3.08. The minimum absolute atomic E-state index is 0.246. The SMILES string of the molecule is C[C@@H](NC(=O)c1cc2ccccc2o1)c1ccc(S(C)(=O)=O)cc1. The highest BCUT2D eigenvalue weighted by atomic mass is 32.2. The van der Waals surface area contributed by atoms with E-state index in [4.69, 9.17) is 4.42 Å².